The largest absolute Gasteiger partial charge is 0.330 e. The molecule has 0 spiro atoms. The fraction of sp³-hybridized carbons (Fsp3) is 1.00. The van der Waals surface area contributed by atoms with Crippen molar-refractivity contribution < 1.29 is 0 Å². The normalized spacial score (nSPS) is 47.5. The molecule has 1 nitrogen and oxygen atoms in total. The van der Waals surface area contributed by atoms with Gasteiger partial charge in [-0.25, -0.2) is 0 Å². The van der Waals surface area contributed by atoms with Crippen LogP contribution in [-0.4, -0.2) is 6.54 Å². The van der Waals surface area contributed by atoms with Gasteiger partial charge >= 0.3 is 0 Å². The molecule has 2 atom stereocenters. The summed E-state index contributed by atoms with van der Waals surface area (Å²) in [6.45, 7) is 3.36. The van der Waals surface area contributed by atoms with Crippen molar-refractivity contribution in [3.8, 4) is 0 Å². The van der Waals surface area contributed by atoms with Crippen molar-refractivity contribution >= 4 is 0 Å². The number of hydrogen-bond donors (Lipinski definition) is 1. The van der Waals surface area contributed by atoms with Crippen LogP contribution in [0.5, 0.6) is 0 Å². The Labute approximate surface area is 75.7 Å². The molecule has 2 fully saturated rings. The van der Waals surface area contributed by atoms with E-state index in [4.69, 9.17) is 5.73 Å². The highest BCUT2D eigenvalue weighted by Crippen LogP contribution is 2.45. The third kappa shape index (κ3) is 1.39. The number of hydrogen-bond acceptors (Lipinski definition) is 1. The zero-order valence-corrected chi connectivity index (χ0v) is 8.13. The Balaban J connectivity index is 2.06. The fourth-order valence-corrected chi connectivity index (χ4v) is 3.56. The summed E-state index contributed by atoms with van der Waals surface area (Å²) in [5, 5.41) is 0. The molecule has 0 aromatic heterocycles. The van der Waals surface area contributed by atoms with E-state index in [2.05, 4.69) is 6.92 Å². The second-order valence-corrected chi connectivity index (χ2v) is 4.93. The fourth-order valence-electron chi connectivity index (χ4n) is 3.56. The molecule has 0 aliphatic heterocycles. The van der Waals surface area contributed by atoms with Crippen molar-refractivity contribution in [2.75, 3.05) is 6.54 Å². The van der Waals surface area contributed by atoms with Crippen LogP contribution < -0.4 is 5.73 Å². The first-order chi connectivity index (χ1) is 5.81. The van der Waals surface area contributed by atoms with Crippen LogP contribution in [0.3, 0.4) is 0 Å². The summed E-state index contributed by atoms with van der Waals surface area (Å²) >= 11 is 0. The second-order valence-electron chi connectivity index (χ2n) is 4.93. The molecule has 12 heavy (non-hydrogen) atoms. The van der Waals surface area contributed by atoms with Crippen LogP contribution in [-0.2, 0) is 0 Å². The molecule has 2 aliphatic carbocycles. The number of nitrogens with two attached hydrogens (primary N) is 1. The molecular formula is C11H21N. The van der Waals surface area contributed by atoms with E-state index in [-0.39, 0.29) is 0 Å². The maximum Gasteiger partial charge on any atom is -0.00436 e. The van der Waals surface area contributed by atoms with Crippen molar-refractivity contribution in [3.63, 3.8) is 0 Å². The van der Waals surface area contributed by atoms with Gasteiger partial charge in [0.1, 0.15) is 0 Å². The molecule has 2 rings (SSSR count). The first-order valence-electron chi connectivity index (χ1n) is 5.51. The molecule has 0 heterocycles. The van der Waals surface area contributed by atoms with Gasteiger partial charge in [0, 0.05) is 0 Å². The Morgan fingerprint density at radius 1 is 1.17 bits per heavy atom. The Hall–Kier alpha value is -0.0400. The highest BCUT2D eigenvalue weighted by Gasteiger charge is 2.37. The molecule has 0 amide bonds. The summed E-state index contributed by atoms with van der Waals surface area (Å²) in [6.07, 6.45) is 7.31. The van der Waals surface area contributed by atoms with Crippen molar-refractivity contribution in [1.82, 2.24) is 0 Å². The van der Waals surface area contributed by atoms with Gasteiger partial charge in [0.25, 0.3) is 0 Å². The molecule has 0 saturated heterocycles. The van der Waals surface area contributed by atoms with Gasteiger partial charge in [-0.15, -0.1) is 0 Å². The third-order valence-electron chi connectivity index (χ3n) is 4.04. The van der Waals surface area contributed by atoms with E-state index in [1.807, 2.05) is 0 Å². The van der Waals surface area contributed by atoms with E-state index in [0.29, 0.717) is 0 Å². The lowest BCUT2D eigenvalue weighted by atomic mass is 9.62. The van der Waals surface area contributed by atoms with Gasteiger partial charge in [-0.05, 0) is 43.1 Å². The van der Waals surface area contributed by atoms with Crippen molar-refractivity contribution in [2.45, 2.75) is 39.0 Å². The third-order valence-corrected chi connectivity index (χ3v) is 4.04. The summed E-state index contributed by atoms with van der Waals surface area (Å²) in [5.41, 5.74) is 5.84. The molecule has 2 aliphatic rings. The molecule has 0 aromatic carbocycles. The standard InChI is InChI=1S/C11H21N/c1-8-5-9-3-2-4-10(6-8)11(9)7-12/h8-11H,2-7,12H2,1H3. The van der Waals surface area contributed by atoms with Crippen LogP contribution >= 0.6 is 0 Å². The molecule has 2 unspecified atom stereocenters. The summed E-state index contributed by atoms with van der Waals surface area (Å²) in [6, 6.07) is 0. The SMILES string of the molecule is CC1CC2CCCC(C1)C2CN. The van der Waals surface area contributed by atoms with Crippen LogP contribution in [0.2, 0.25) is 0 Å². The van der Waals surface area contributed by atoms with Gasteiger partial charge in [-0.1, -0.05) is 26.2 Å². The van der Waals surface area contributed by atoms with Crippen molar-refractivity contribution in [1.29, 1.82) is 0 Å². The van der Waals surface area contributed by atoms with Crippen LogP contribution in [0.25, 0.3) is 0 Å². The van der Waals surface area contributed by atoms with E-state index >= 15 is 0 Å². The average molecular weight is 167 g/mol. The van der Waals surface area contributed by atoms with Crippen molar-refractivity contribution in [2.24, 2.45) is 29.4 Å². The molecule has 2 bridgehead atoms. The molecule has 1 heteroatoms. The molecule has 70 valence electrons. The first-order valence-corrected chi connectivity index (χ1v) is 5.51. The topological polar surface area (TPSA) is 26.0 Å². The van der Waals surface area contributed by atoms with Crippen LogP contribution in [0.4, 0.5) is 0 Å². The van der Waals surface area contributed by atoms with E-state index in [9.17, 15) is 0 Å². The Morgan fingerprint density at radius 3 is 2.25 bits per heavy atom. The zero-order chi connectivity index (χ0) is 8.55. The summed E-state index contributed by atoms with van der Waals surface area (Å²) < 4.78 is 0. The quantitative estimate of drug-likeness (QED) is 0.637. The highest BCUT2D eigenvalue weighted by molar-refractivity contribution is 4.88. The molecule has 0 radical (unpaired) electrons. The molecule has 2 saturated carbocycles. The van der Waals surface area contributed by atoms with E-state index < -0.39 is 0 Å². The highest BCUT2D eigenvalue weighted by atomic mass is 14.6. The van der Waals surface area contributed by atoms with Gasteiger partial charge in [0.2, 0.25) is 0 Å². The average Bonchev–Trinajstić information content (AvgIpc) is 2.02. The second kappa shape index (κ2) is 3.37. The number of rotatable bonds is 1. The molecule has 2 N–H and O–H groups in total. The maximum absolute atomic E-state index is 5.84. The minimum Gasteiger partial charge on any atom is -0.330 e. The zero-order valence-electron chi connectivity index (χ0n) is 8.13. The Bertz CT molecular complexity index is 141. The monoisotopic (exact) mass is 167 g/mol. The van der Waals surface area contributed by atoms with Gasteiger partial charge in [0.05, 0.1) is 0 Å². The lowest BCUT2D eigenvalue weighted by Crippen LogP contribution is -2.39. The summed E-state index contributed by atoms with van der Waals surface area (Å²) in [4.78, 5) is 0. The predicted octanol–water partition coefficient (Wildman–Crippen LogP) is 2.41. The van der Waals surface area contributed by atoms with Crippen molar-refractivity contribution in [3.05, 3.63) is 0 Å². The smallest absolute Gasteiger partial charge is 0.00436 e. The van der Waals surface area contributed by atoms with Gasteiger partial charge in [-0.2, -0.15) is 0 Å². The van der Waals surface area contributed by atoms with E-state index in [0.717, 1.165) is 30.2 Å². The molecule has 0 aromatic rings. The molecular weight excluding hydrogens is 146 g/mol. The van der Waals surface area contributed by atoms with Crippen LogP contribution in [0.15, 0.2) is 0 Å². The van der Waals surface area contributed by atoms with E-state index in [1.54, 1.807) is 0 Å². The summed E-state index contributed by atoms with van der Waals surface area (Å²) in [5.74, 6) is 3.83. The minimum absolute atomic E-state index is 0.884. The van der Waals surface area contributed by atoms with Gasteiger partial charge in [-0.3, -0.25) is 0 Å². The maximum atomic E-state index is 5.84. The lowest BCUT2D eigenvalue weighted by Gasteiger charge is -2.44. The van der Waals surface area contributed by atoms with E-state index in [1.165, 1.54) is 32.1 Å². The van der Waals surface area contributed by atoms with Gasteiger partial charge in [0.15, 0.2) is 0 Å². The first kappa shape index (κ1) is 8.55. The van der Waals surface area contributed by atoms with Crippen LogP contribution in [0, 0.1) is 23.7 Å². The number of fused-ring (bicyclic) bond motifs is 2. The summed E-state index contributed by atoms with van der Waals surface area (Å²) in [7, 11) is 0. The van der Waals surface area contributed by atoms with Crippen LogP contribution in [0.1, 0.15) is 39.0 Å². The Kier molecular flexibility index (Phi) is 2.40. The van der Waals surface area contributed by atoms with Gasteiger partial charge < -0.3 is 5.73 Å². The Morgan fingerprint density at radius 2 is 1.75 bits per heavy atom. The minimum atomic E-state index is 0.884. The predicted molar refractivity (Wildman–Crippen MR) is 51.8 cm³/mol. The lowest BCUT2D eigenvalue weighted by molar-refractivity contribution is 0.0672.